The molecule has 0 radical (unpaired) electrons. The Hall–Kier alpha value is -1.75. The minimum absolute atomic E-state index is 0.0534. The minimum atomic E-state index is -0.454. The molecular formula is C15H17NO3. The lowest BCUT2D eigenvalue weighted by molar-refractivity contribution is -0.105. The molecule has 1 aromatic carbocycles. The van der Waals surface area contributed by atoms with Crippen LogP contribution in [0.2, 0.25) is 0 Å². The molecule has 0 aliphatic carbocycles. The predicted molar refractivity (Wildman–Crippen MR) is 72.4 cm³/mol. The molecule has 0 atom stereocenters. The molecule has 0 unspecified atom stereocenters. The van der Waals surface area contributed by atoms with Crippen molar-refractivity contribution in [3.05, 3.63) is 53.7 Å². The summed E-state index contributed by atoms with van der Waals surface area (Å²) in [5.41, 5.74) is 3.32. The lowest BCUT2D eigenvalue weighted by atomic mass is 10.00. The minimum Gasteiger partial charge on any atom is -0.392 e. The summed E-state index contributed by atoms with van der Waals surface area (Å²) in [6.07, 6.45) is 1.25. The number of methoxy groups -OCH3 is 2. The second-order valence-corrected chi connectivity index (χ2v) is 4.06. The second kappa shape index (κ2) is 6.43. The van der Waals surface area contributed by atoms with Crippen LogP contribution in [-0.2, 0) is 16.1 Å². The van der Waals surface area contributed by atoms with E-state index in [9.17, 15) is 5.11 Å². The normalized spacial score (nSPS) is 10.9. The van der Waals surface area contributed by atoms with E-state index in [0.717, 1.165) is 22.4 Å². The SMILES string of the molecule is COC(OC)c1ccccc1-c1ncccc1CO. The van der Waals surface area contributed by atoms with Gasteiger partial charge in [-0.1, -0.05) is 30.3 Å². The van der Waals surface area contributed by atoms with Crippen LogP contribution in [0.15, 0.2) is 42.6 Å². The summed E-state index contributed by atoms with van der Waals surface area (Å²) in [6, 6.07) is 11.4. The Morgan fingerprint density at radius 3 is 2.53 bits per heavy atom. The molecule has 1 N–H and O–H groups in total. The quantitative estimate of drug-likeness (QED) is 0.838. The zero-order valence-corrected chi connectivity index (χ0v) is 11.0. The Bertz CT molecular complexity index is 538. The van der Waals surface area contributed by atoms with Crippen LogP contribution in [-0.4, -0.2) is 24.3 Å². The van der Waals surface area contributed by atoms with Crippen molar-refractivity contribution in [1.29, 1.82) is 0 Å². The molecule has 0 bridgehead atoms. The molecule has 100 valence electrons. The number of hydrogen-bond donors (Lipinski definition) is 1. The topological polar surface area (TPSA) is 51.6 Å². The van der Waals surface area contributed by atoms with Gasteiger partial charge >= 0.3 is 0 Å². The van der Waals surface area contributed by atoms with Gasteiger partial charge in [-0.15, -0.1) is 0 Å². The number of aliphatic hydroxyl groups is 1. The largest absolute Gasteiger partial charge is 0.392 e. The molecular weight excluding hydrogens is 242 g/mol. The summed E-state index contributed by atoms with van der Waals surface area (Å²) in [6.45, 7) is -0.0534. The number of nitrogens with zero attached hydrogens (tertiary/aromatic N) is 1. The molecule has 0 spiro atoms. The van der Waals surface area contributed by atoms with Crippen LogP contribution in [0.1, 0.15) is 17.4 Å². The first-order chi connectivity index (χ1) is 9.31. The van der Waals surface area contributed by atoms with E-state index in [0.29, 0.717) is 0 Å². The number of aromatic nitrogens is 1. The van der Waals surface area contributed by atoms with E-state index in [1.165, 1.54) is 0 Å². The molecule has 4 heteroatoms. The lowest BCUT2D eigenvalue weighted by Crippen LogP contribution is -2.06. The first-order valence-electron chi connectivity index (χ1n) is 6.01. The lowest BCUT2D eigenvalue weighted by Gasteiger charge is -2.18. The zero-order valence-electron chi connectivity index (χ0n) is 11.0. The summed E-state index contributed by atoms with van der Waals surface area (Å²) in [4.78, 5) is 4.36. The van der Waals surface area contributed by atoms with Gasteiger partial charge in [0.15, 0.2) is 6.29 Å². The number of hydrogen-bond acceptors (Lipinski definition) is 4. The maximum Gasteiger partial charge on any atom is 0.183 e. The van der Waals surface area contributed by atoms with Crippen molar-refractivity contribution < 1.29 is 14.6 Å². The molecule has 1 heterocycles. The second-order valence-electron chi connectivity index (χ2n) is 4.06. The van der Waals surface area contributed by atoms with E-state index in [1.807, 2.05) is 36.4 Å². The van der Waals surface area contributed by atoms with Gasteiger partial charge in [0.05, 0.1) is 12.3 Å². The van der Waals surface area contributed by atoms with Gasteiger partial charge in [0.1, 0.15) is 0 Å². The van der Waals surface area contributed by atoms with Crippen LogP contribution >= 0.6 is 0 Å². The highest BCUT2D eigenvalue weighted by molar-refractivity contribution is 5.67. The van der Waals surface area contributed by atoms with Crippen LogP contribution in [0, 0.1) is 0 Å². The fourth-order valence-corrected chi connectivity index (χ4v) is 2.08. The molecule has 2 rings (SSSR count). The Kier molecular flexibility index (Phi) is 4.63. The van der Waals surface area contributed by atoms with Gasteiger partial charge in [0.2, 0.25) is 0 Å². The average Bonchev–Trinajstić information content (AvgIpc) is 2.49. The van der Waals surface area contributed by atoms with Crippen LogP contribution in [0.25, 0.3) is 11.3 Å². The zero-order chi connectivity index (χ0) is 13.7. The van der Waals surface area contributed by atoms with Gasteiger partial charge in [-0.2, -0.15) is 0 Å². The summed E-state index contributed by atoms with van der Waals surface area (Å²) in [7, 11) is 3.19. The van der Waals surface area contributed by atoms with E-state index < -0.39 is 6.29 Å². The Balaban J connectivity index is 2.56. The van der Waals surface area contributed by atoms with Crippen molar-refractivity contribution in [2.24, 2.45) is 0 Å². The van der Waals surface area contributed by atoms with E-state index in [2.05, 4.69) is 4.98 Å². The monoisotopic (exact) mass is 259 g/mol. The smallest absolute Gasteiger partial charge is 0.183 e. The maximum absolute atomic E-state index is 9.42. The highest BCUT2D eigenvalue weighted by atomic mass is 16.7. The average molecular weight is 259 g/mol. The fraction of sp³-hybridized carbons (Fsp3) is 0.267. The Morgan fingerprint density at radius 1 is 1.11 bits per heavy atom. The van der Waals surface area contributed by atoms with Crippen molar-refractivity contribution in [3.63, 3.8) is 0 Å². The molecule has 0 amide bonds. The molecule has 0 saturated carbocycles. The molecule has 19 heavy (non-hydrogen) atoms. The van der Waals surface area contributed by atoms with Crippen molar-refractivity contribution in [2.45, 2.75) is 12.9 Å². The third kappa shape index (κ3) is 2.81. The van der Waals surface area contributed by atoms with Crippen LogP contribution < -0.4 is 0 Å². The van der Waals surface area contributed by atoms with E-state index in [4.69, 9.17) is 9.47 Å². The number of ether oxygens (including phenoxy) is 2. The van der Waals surface area contributed by atoms with Crippen LogP contribution in [0.3, 0.4) is 0 Å². The predicted octanol–water partition coefficient (Wildman–Crippen LogP) is 2.53. The summed E-state index contributed by atoms with van der Waals surface area (Å²) in [5.74, 6) is 0. The standard InChI is InChI=1S/C15H17NO3/c1-18-15(19-2)13-8-4-3-7-12(13)14-11(10-17)6-5-9-16-14/h3-9,15,17H,10H2,1-2H3. The van der Waals surface area contributed by atoms with Gasteiger partial charge in [-0.3, -0.25) is 4.98 Å². The number of benzene rings is 1. The Labute approximate surface area is 112 Å². The molecule has 4 nitrogen and oxygen atoms in total. The third-order valence-corrected chi connectivity index (χ3v) is 2.96. The summed E-state index contributed by atoms with van der Waals surface area (Å²) in [5, 5.41) is 9.42. The highest BCUT2D eigenvalue weighted by Gasteiger charge is 2.17. The van der Waals surface area contributed by atoms with E-state index in [1.54, 1.807) is 20.4 Å². The van der Waals surface area contributed by atoms with Gasteiger partial charge < -0.3 is 14.6 Å². The number of rotatable bonds is 5. The summed E-state index contributed by atoms with van der Waals surface area (Å²) >= 11 is 0. The first-order valence-corrected chi connectivity index (χ1v) is 6.01. The summed E-state index contributed by atoms with van der Waals surface area (Å²) < 4.78 is 10.6. The molecule has 0 fully saturated rings. The van der Waals surface area contributed by atoms with E-state index in [-0.39, 0.29) is 6.61 Å². The number of pyridine rings is 1. The van der Waals surface area contributed by atoms with Gasteiger partial charge in [0, 0.05) is 37.1 Å². The van der Waals surface area contributed by atoms with Crippen molar-refractivity contribution in [3.8, 4) is 11.3 Å². The van der Waals surface area contributed by atoms with Gasteiger partial charge in [0.25, 0.3) is 0 Å². The van der Waals surface area contributed by atoms with Gasteiger partial charge in [-0.05, 0) is 6.07 Å². The molecule has 1 aromatic heterocycles. The highest BCUT2D eigenvalue weighted by Crippen LogP contribution is 2.30. The van der Waals surface area contributed by atoms with Crippen LogP contribution in [0.5, 0.6) is 0 Å². The maximum atomic E-state index is 9.42. The van der Waals surface area contributed by atoms with Crippen LogP contribution in [0.4, 0.5) is 0 Å². The van der Waals surface area contributed by atoms with Gasteiger partial charge in [-0.25, -0.2) is 0 Å². The Morgan fingerprint density at radius 2 is 1.84 bits per heavy atom. The van der Waals surface area contributed by atoms with E-state index >= 15 is 0 Å². The van der Waals surface area contributed by atoms with Crippen molar-refractivity contribution >= 4 is 0 Å². The number of aliphatic hydroxyl groups excluding tert-OH is 1. The van der Waals surface area contributed by atoms with Crippen molar-refractivity contribution in [2.75, 3.05) is 14.2 Å². The molecule has 0 saturated heterocycles. The first kappa shape index (κ1) is 13.7. The van der Waals surface area contributed by atoms with Crippen molar-refractivity contribution in [1.82, 2.24) is 4.98 Å². The fourth-order valence-electron chi connectivity index (χ4n) is 2.08. The third-order valence-electron chi connectivity index (χ3n) is 2.96. The molecule has 2 aromatic rings. The molecule has 0 aliphatic heterocycles. The molecule has 0 aliphatic rings.